The molecule has 3 rings (SSSR count). The Balaban J connectivity index is 2.07. The zero-order chi connectivity index (χ0) is 12.5. The number of fused-ring (bicyclic) bond motifs is 1. The van der Waals surface area contributed by atoms with Gasteiger partial charge in [-0.1, -0.05) is 12.1 Å². The van der Waals surface area contributed by atoms with Gasteiger partial charge in [-0.2, -0.15) is 0 Å². The highest BCUT2D eigenvalue weighted by atomic mass is 16.7. The van der Waals surface area contributed by atoms with Crippen LogP contribution in [0.1, 0.15) is 18.3 Å². The summed E-state index contributed by atoms with van der Waals surface area (Å²) in [5.41, 5.74) is 2.36. The topological polar surface area (TPSA) is 69.4 Å². The quantitative estimate of drug-likeness (QED) is 0.878. The Kier molecular flexibility index (Phi) is 2.64. The van der Waals surface area contributed by atoms with Crippen molar-refractivity contribution in [3.63, 3.8) is 0 Å². The molecule has 0 unspecified atom stereocenters. The first-order chi connectivity index (χ1) is 8.83. The molecule has 0 aliphatic carbocycles. The molecule has 0 amide bonds. The lowest BCUT2D eigenvalue weighted by atomic mass is 10.2. The van der Waals surface area contributed by atoms with Crippen LogP contribution < -0.4 is 9.47 Å². The van der Waals surface area contributed by atoms with Crippen LogP contribution in [0.15, 0.2) is 18.2 Å². The molecule has 0 radical (unpaired) electrons. The second-order valence-corrected chi connectivity index (χ2v) is 3.94. The lowest BCUT2D eigenvalue weighted by Crippen LogP contribution is -2.02. The highest BCUT2D eigenvalue weighted by molar-refractivity contribution is 5.50. The van der Waals surface area contributed by atoms with Crippen molar-refractivity contribution in [1.82, 2.24) is 15.0 Å². The number of aromatic nitrogens is 3. The SMILES string of the molecule is CCc1c(CO)nnn1-c1ccc2c(c1)OCO2. The third kappa shape index (κ3) is 1.62. The molecule has 0 spiro atoms. The van der Waals surface area contributed by atoms with E-state index in [1.54, 1.807) is 4.68 Å². The van der Waals surface area contributed by atoms with Gasteiger partial charge >= 0.3 is 0 Å². The van der Waals surface area contributed by atoms with Crippen molar-refractivity contribution in [1.29, 1.82) is 0 Å². The Morgan fingerprint density at radius 1 is 1.33 bits per heavy atom. The molecule has 1 aliphatic heterocycles. The summed E-state index contributed by atoms with van der Waals surface area (Å²) in [6.45, 7) is 2.15. The summed E-state index contributed by atoms with van der Waals surface area (Å²) in [5.74, 6) is 1.44. The van der Waals surface area contributed by atoms with Crippen LogP contribution in [0.2, 0.25) is 0 Å². The highest BCUT2D eigenvalue weighted by Gasteiger charge is 2.17. The molecule has 1 aromatic heterocycles. The Labute approximate surface area is 104 Å². The van der Waals surface area contributed by atoms with E-state index in [9.17, 15) is 5.11 Å². The molecular weight excluding hydrogens is 234 g/mol. The van der Waals surface area contributed by atoms with E-state index in [2.05, 4.69) is 10.3 Å². The van der Waals surface area contributed by atoms with E-state index in [4.69, 9.17) is 9.47 Å². The first-order valence-electron chi connectivity index (χ1n) is 5.77. The van der Waals surface area contributed by atoms with Crippen LogP contribution in [0.5, 0.6) is 11.5 Å². The number of benzene rings is 1. The van der Waals surface area contributed by atoms with Gasteiger partial charge in [0.15, 0.2) is 11.5 Å². The van der Waals surface area contributed by atoms with Crippen molar-refractivity contribution in [3.8, 4) is 17.2 Å². The molecule has 2 heterocycles. The van der Waals surface area contributed by atoms with Crippen LogP contribution in [0, 0.1) is 0 Å². The smallest absolute Gasteiger partial charge is 0.231 e. The molecular formula is C12H13N3O3. The first kappa shape index (κ1) is 11.0. The lowest BCUT2D eigenvalue weighted by molar-refractivity contribution is 0.174. The van der Waals surface area contributed by atoms with E-state index < -0.39 is 0 Å². The third-order valence-electron chi connectivity index (χ3n) is 2.93. The fourth-order valence-corrected chi connectivity index (χ4v) is 2.03. The van der Waals surface area contributed by atoms with E-state index in [0.29, 0.717) is 11.4 Å². The molecule has 1 aromatic carbocycles. The average Bonchev–Trinajstić information content (AvgIpc) is 3.03. The van der Waals surface area contributed by atoms with Gasteiger partial charge in [0, 0.05) is 6.07 Å². The molecule has 0 saturated heterocycles. The predicted molar refractivity (Wildman–Crippen MR) is 62.8 cm³/mol. The second kappa shape index (κ2) is 4.30. The van der Waals surface area contributed by atoms with E-state index in [0.717, 1.165) is 23.6 Å². The predicted octanol–water partition coefficient (Wildman–Crippen LogP) is 1.05. The van der Waals surface area contributed by atoms with Gasteiger partial charge in [-0.05, 0) is 18.6 Å². The molecule has 0 fully saturated rings. The normalized spacial score (nSPS) is 13.0. The van der Waals surface area contributed by atoms with Crippen LogP contribution in [0.4, 0.5) is 0 Å². The van der Waals surface area contributed by atoms with Gasteiger partial charge in [0.05, 0.1) is 18.0 Å². The molecule has 6 heteroatoms. The Morgan fingerprint density at radius 2 is 2.17 bits per heavy atom. The minimum absolute atomic E-state index is 0.103. The average molecular weight is 247 g/mol. The molecule has 18 heavy (non-hydrogen) atoms. The van der Waals surface area contributed by atoms with Gasteiger partial charge in [-0.15, -0.1) is 5.10 Å². The number of nitrogens with zero attached hydrogens (tertiary/aromatic N) is 3. The largest absolute Gasteiger partial charge is 0.454 e. The zero-order valence-electron chi connectivity index (χ0n) is 9.96. The maximum absolute atomic E-state index is 9.20. The van der Waals surface area contributed by atoms with E-state index in [1.807, 2.05) is 25.1 Å². The number of hydrogen-bond donors (Lipinski definition) is 1. The van der Waals surface area contributed by atoms with Crippen LogP contribution in [0.25, 0.3) is 5.69 Å². The summed E-state index contributed by atoms with van der Waals surface area (Å²) in [7, 11) is 0. The monoisotopic (exact) mass is 247 g/mol. The number of aliphatic hydroxyl groups excluding tert-OH is 1. The molecule has 0 saturated carbocycles. The van der Waals surface area contributed by atoms with Gasteiger partial charge in [0.25, 0.3) is 0 Å². The summed E-state index contributed by atoms with van der Waals surface area (Å²) >= 11 is 0. The molecule has 0 atom stereocenters. The van der Waals surface area contributed by atoms with Crippen molar-refractivity contribution in [2.75, 3.05) is 6.79 Å². The Morgan fingerprint density at radius 3 is 2.94 bits per heavy atom. The maximum Gasteiger partial charge on any atom is 0.231 e. The molecule has 1 N–H and O–H groups in total. The van der Waals surface area contributed by atoms with Gasteiger partial charge in [0.2, 0.25) is 6.79 Å². The van der Waals surface area contributed by atoms with Crippen LogP contribution in [-0.4, -0.2) is 26.9 Å². The molecule has 94 valence electrons. The van der Waals surface area contributed by atoms with Gasteiger partial charge in [-0.3, -0.25) is 0 Å². The maximum atomic E-state index is 9.20. The lowest BCUT2D eigenvalue weighted by Gasteiger charge is -2.06. The van der Waals surface area contributed by atoms with Crippen molar-refractivity contribution in [3.05, 3.63) is 29.6 Å². The van der Waals surface area contributed by atoms with Crippen LogP contribution in [-0.2, 0) is 13.0 Å². The number of hydrogen-bond acceptors (Lipinski definition) is 5. The van der Waals surface area contributed by atoms with Crippen molar-refractivity contribution < 1.29 is 14.6 Å². The van der Waals surface area contributed by atoms with E-state index >= 15 is 0 Å². The number of aliphatic hydroxyl groups is 1. The van der Waals surface area contributed by atoms with Crippen molar-refractivity contribution in [2.24, 2.45) is 0 Å². The fraction of sp³-hybridized carbons (Fsp3) is 0.333. The summed E-state index contributed by atoms with van der Waals surface area (Å²) < 4.78 is 12.3. The standard InChI is InChI=1S/C12H13N3O3/c1-2-10-9(6-16)13-14-15(10)8-3-4-11-12(5-8)18-7-17-11/h3-5,16H,2,6-7H2,1H3. The minimum Gasteiger partial charge on any atom is -0.454 e. The summed E-state index contributed by atoms with van der Waals surface area (Å²) in [4.78, 5) is 0. The van der Waals surface area contributed by atoms with Crippen LogP contribution >= 0.6 is 0 Å². The molecule has 0 bridgehead atoms. The molecule has 1 aliphatic rings. The van der Waals surface area contributed by atoms with Crippen LogP contribution in [0.3, 0.4) is 0 Å². The summed E-state index contributed by atoms with van der Waals surface area (Å²) in [5, 5.41) is 17.2. The number of ether oxygens (including phenoxy) is 2. The van der Waals surface area contributed by atoms with Gasteiger partial charge < -0.3 is 14.6 Å². The highest BCUT2D eigenvalue weighted by Crippen LogP contribution is 2.33. The minimum atomic E-state index is -0.103. The third-order valence-corrected chi connectivity index (χ3v) is 2.93. The van der Waals surface area contributed by atoms with Crippen molar-refractivity contribution in [2.45, 2.75) is 20.0 Å². The number of rotatable bonds is 3. The second-order valence-electron chi connectivity index (χ2n) is 3.94. The Hall–Kier alpha value is -2.08. The zero-order valence-corrected chi connectivity index (χ0v) is 9.96. The first-order valence-corrected chi connectivity index (χ1v) is 5.77. The van der Waals surface area contributed by atoms with Gasteiger partial charge in [-0.25, -0.2) is 4.68 Å². The van der Waals surface area contributed by atoms with Crippen molar-refractivity contribution >= 4 is 0 Å². The van der Waals surface area contributed by atoms with Gasteiger partial charge in [0.1, 0.15) is 5.69 Å². The Bertz CT molecular complexity index is 580. The summed E-state index contributed by atoms with van der Waals surface area (Å²) in [6.07, 6.45) is 0.747. The summed E-state index contributed by atoms with van der Waals surface area (Å²) in [6, 6.07) is 5.59. The van der Waals surface area contributed by atoms with E-state index in [-0.39, 0.29) is 13.4 Å². The molecule has 2 aromatic rings. The fourth-order valence-electron chi connectivity index (χ4n) is 2.03. The molecule has 6 nitrogen and oxygen atoms in total. The van der Waals surface area contributed by atoms with E-state index in [1.165, 1.54) is 0 Å².